The maximum Gasteiger partial charge on any atom is 0.156 e. The summed E-state index contributed by atoms with van der Waals surface area (Å²) in [5, 5.41) is 14.9. The van der Waals surface area contributed by atoms with Gasteiger partial charge in [-0.1, -0.05) is 158 Å². The molecule has 268 valence electrons. The minimum Gasteiger partial charge on any atom is -0.291 e. The molecule has 0 saturated heterocycles. The van der Waals surface area contributed by atoms with Crippen molar-refractivity contribution in [2.24, 2.45) is 0 Å². The number of benzene rings is 10. The van der Waals surface area contributed by atoms with Crippen molar-refractivity contribution in [3.8, 4) is 33.5 Å². The predicted octanol–water partition coefficient (Wildman–Crippen LogP) is 15.6. The summed E-state index contributed by atoms with van der Waals surface area (Å²) in [6, 6.07) is 71.5. The Morgan fingerprint density at radius 3 is 1.72 bits per heavy atom. The molecule has 0 fully saturated rings. The lowest BCUT2D eigenvalue weighted by Crippen LogP contribution is -1.93. The molecule has 13 rings (SSSR count). The number of thiophene rings is 1. The topological polar surface area (TPSA) is 17.3 Å². The van der Waals surface area contributed by atoms with Gasteiger partial charge in [0.05, 0.1) is 21.4 Å². The standard InChI is InChI=1S/C55H32N2S/c1-2-12-37-29-47-40(28-36(37)11-1)24-27-50-53(47)56-55-54-49(48-30-38-13-3-4-14-39(38)31-52(48)58-54)32-51(57(50)55)35-22-20-34(21-23-35)42-25-26-46(45-18-8-7-17-43(42)45)44-19-9-15-33-10-5-6-16-41(33)44/h1-32H. The molecular formula is C55H32N2S. The SMILES string of the molecule is c1ccc2cc3c(ccc4c3nc3c5sc6cc7ccccc7cc6c5cc(-c5ccc(-c6ccc(-c7cccc8ccccc78)c7ccccc67)cc5)n43)cc2c1. The predicted molar refractivity (Wildman–Crippen MR) is 249 cm³/mol. The minimum absolute atomic E-state index is 1.01. The van der Waals surface area contributed by atoms with Crippen molar-refractivity contribution in [1.29, 1.82) is 0 Å². The van der Waals surface area contributed by atoms with E-state index in [-0.39, 0.29) is 0 Å². The fourth-order valence-corrected chi connectivity index (χ4v) is 10.7. The third-order valence-corrected chi connectivity index (χ3v) is 13.5. The van der Waals surface area contributed by atoms with Gasteiger partial charge in [-0.05, 0) is 113 Å². The summed E-state index contributed by atoms with van der Waals surface area (Å²) < 4.78 is 4.91. The summed E-state index contributed by atoms with van der Waals surface area (Å²) in [6.45, 7) is 0. The van der Waals surface area contributed by atoms with Crippen molar-refractivity contribution < 1.29 is 0 Å². The molecule has 0 unspecified atom stereocenters. The Labute approximate surface area is 337 Å². The summed E-state index contributed by atoms with van der Waals surface area (Å²) in [4.78, 5) is 5.55. The Morgan fingerprint density at radius 1 is 0.362 bits per heavy atom. The van der Waals surface area contributed by atoms with Gasteiger partial charge < -0.3 is 0 Å². The number of rotatable bonds is 3. The summed E-state index contributed by atoms with van der Waals surface area (Å²) in [6.07, 6.45) is 0. The first-order valence-electron chi connectivity index (χ1n) is 19.9. The maximum atomic E-state index is 5.55. The number of hydrogen-bond donors (Lipinski definition) is 0. The van der Waals surface area contributed by atoms with Crippen molar-refractivity contribution in [2.75, 3.05) is 0 Å². The molecule has 0 aliphatic carbocycles. The van der Waals surface area contributed by atoms with Crippen LogP contribution in [0.3, 0.4) is 0 Å². The van der Waals surface area contributed by atoms with Gasteiger partial charge in [0.2, 0.25) is 0 Å². The van der Waals surface area contributed by atoms with Crippen LogP contribution in [-0.2, 0) is 0 Å². The first-order valence-corrected chi connectivity index (χ1v) is 20.7. The average Bonchev–Trinajstić information content (AvgIpc) is 3.85. The van der Waals surface area contributed by atoms with Gasteiger partial charge in [-0.2, -0.15) is 0 Å². The van der Waals surface area contributed by atoms with Crippen molar-refractivity contribution in [2.45, 2.75) is 0 Å². The second-order valence-electron chi connectivity index (χ2n) is 15.5. The molecule has 0 atom stereocenters. The second kappa shape index (κ2) is 12.1. The highest BCUT2D eigenvalue weighted by Gasteiger charge is 2.20. The highest BCUT2D eigenvalue weighted by Crippen LogP contribution is 2.44. The van der Waals surface area contributed by atoms with Crippen LogP contribution in [0.2, 0.25) is 0 Å². The van der Waals surface area contributed by atoms with E-state index in [2.05, 4.69) is 199 Å². The molecule has 0 aliphatic heterocycles. The molecule has 13 aromatic rings. The lowest BCUT2D eigenvalue weighted by atomic mass is 9.90. The van der Waals surface area contributed by atoms with Gasteiger partial charge >= 0.3 is 0 Å². The van der Waals surface area contributed by atoms with E-state index in [4.69, 9.17) is 4.98 Å². The van der Waals surface area contributed by atoms with Crippen LogP contribution in [0, 0.1) is 0 Å². The molecule has 0 N–H and O–H groups in total. The van der Waals surface area contributed by atoms with Crippen LogP contribution in [-0.4, -0.2) is 9.38 Å². The van der Waals surface area contributed by atoms with E-state index in [9.17, 15) is 0 Å². The van der Waals surface area contributed by atoms with Gasteiger partial charge in [0.25, 0.3) is 0 Å². The van der Waals surface area contributed by atoms with Gasteiger partial charge in [0.15, 0.2) is 5.65 Å². The fourth-order valence-electron chi connectivity index (χ4n) is 9.54. The molecule has 58 heavy (non-hydrogen) atoms. The van der Waals surface area contributed by atoms with Crippen molar-refractivity contribution >= 4 is 102 Å². The Bertz CT molecular complexity index is 3840. The van der Waals surface area contributed by atoms with Crippen molar-refractivity contribution in [3.05, 3.63) is 194 Å². The molecule has 3 heterocycles. The molecule has 3 aromatic heterocycles. The zero-order valence-corrected chi connectivity index (χ0v) is 32.1. The summed E-state index contributed by atoms with van der Waals surface area (Å²) >= 11 is 1.85. The molecular weight excluding hydrogens is 721 g/mol. The second-order valence-corrected chi connectivity index (χ2v) is 16.6. The van der Waals surface area contributed by atoms with Crippen LogP contribution < -0.4 is 0 Å². The molecule has 0 amide bonds. The van der Waals surface area contributed by atoms with Gasteiger partial charge in [-0.25, -0.2) is 4.98 Å². The van der Waals surface area contributed by atoms with E-state index >= 15 is 0 Å². The molecule has 0 bridgehead atoms. The third-order valence-electron chi connectivity index (χ3n) is 12.3. The highest BCUT2D eigenvalue weighted by molar-refractivity contribution is 7.26. The van der Waals surface area contributed by atoms with Gasteiger partial charge in [0.1, 0.15) is 0 Å². The quantitative estimate of drug-likeness (QED) is 0.164. The average molecular weight is 753 g/mol. The molecule has 0 radical (unpaired) electrons. The largest absolute Gasteiger partial charge is 0.291 e. The third kappa shape index (κ3) is 4.62. The Balaban J connectivity index is 1.03. The monoisotopic (exact) mass is 752 g/mol. The van der Waals surface area contributed by atoms with Crippen LogP contribution in [0.15, 0.2) is 194 Å². The smallest absolute Gasteiger partial charge is 0.156 e. The Morgan fingerprint density at radius 2 is 0.948 bits per heavy atom. The van der Waals surface area contributed by atoms with Gasteiger partial charge in [-0.3, -0.25) is 4.40 Å². The fraction of sp³-hybridized carbons (Fsp3) is 0. The number of hydrogen-bond acceptors (Lipinski definition) is 2. The summed E-state index contributed by atoms with van der Waals surface area (Å²) in [7, 11) is 0. The van der Waals surface area contributed by atoms with Gasteiger partial charge in [-0.15, -0.1) is 11.3 Å². The van der Waals surface area contributed by atoms with Crippen LogP contribution in [0.5, 0.6) is 0 Å². The van der Waals surface area contributed by atoms with Crippen LogP contribution >= 0.6 is 11.3 Å². The first kappa shape index (κ1) is 31.8. The van der Waals surface area contributed by atoms with Crippen LogP contribution in [0.1, 0.15) is 0 Å². The van der Waals surface area contributed by atoms with E-state index in [1.165, 1.54) is 96.3 Å². The Hall–Kier alpha value is -7.33. The van der Waals surface area contributed by atoms with Crippen LogP contribution in [0.25, 0.3) is 124 Å². The maximum absolute atomic E-state index is 5.55. The van der Waals surface area contributed by atoms with E-state index in [0.29, 0.717) is 0 Å². The number of aromatic nitrogens is 2. The van der Waals surface area contributed by atoms with E-state index < -0.39 is 0 Å². The lowest BCUT2D eigenvalue weighted by Gasteiger charge is -2.14. The number of imidazole rings is 1. The normalized spacial score (nSPS) is 12.1. The molecule has 2 nitrogen and oxygen atoms in total. The lowest BCUT2D eigenvalue weighted by molar-refractivity contribution is 1.25. The molecule has 10 aromatic carbocycles. The number of nitrogens with zero attached hydrogens (tertiary/aromatic N) is 2. The Kier molecular flexibility index (Phi) is 6.63. The number of pyridine rings is 1. The zero-order valence-electron chi connectivity index (χ0n) is 31.3. The van der Waals surface area contributed by atoms with Gasteiger partial charge in [0, 0.05) is 20.9 Å². The molecule has 3 heteroatoms. The van der Waals surface area contributed by atoms with Crippen LogP contribution in [0.4, 0.5) is 0 Å². The molecule has 0 aliphatic rings. The zero-order chi connectivity index (χ0) is 37.9. The van der Waals surface area contributed by atoms with E-state index in [1.807, 2.05) is 11.3 Å². The molecule has 0 saturated carbocycles. The first-order chi connectivity index (χ1) is 28.7. The summed E-state index contributed by atoms with van der Waals surface area (Å²) in [5.41, 5.74) is 10.4. The van der Waals surface area contributed by atoms with Crippen molar-refractivity contribution in [3.63, 3.8) is 0 Å². The summed E-state index contributed by atoms with van der Waals surface area (Å²) in [5.74, 6) is 0. The minimum atomic E-state index is 1.01. The molecule has 0 spiro atoms. The van der Waals surface area contributed by atoms with Crippen molar-refractivity contribution in [1.82, 2.24) is 9.38 Å². The highest BCUT2D eigenvalue weighted by atomic mass is 32.1. The van der Waals surface area contributed by atoms with E-state index in [0.717, 1.165) is 27.9 Å². The number of fused-ring (bicyclic) bond motifs is 13. The van der Waals surface area contributed by atoms with E-state index in [1.54, 1.807) is 0 Å².